The second-order valence-electron chi connectivity index (χ2n) is 6.90. The van der Waals surface area contributed by atoms with Crippen LogP contribution in [0, 0.1) is 0 Å². The van der Waals surface area contributed by atoms with Gasteiger partial charge in [0.2, 0.25) is 5.91 Å². The molecule has 160 valence electrons. The maximum Gasteiger partial charge on any atom is 0.253 e. The number of anilines is 2. The lowest BCUT2D eigenvalue weighted by Crippen LogP contribution is -2.28. The van der Waals surface area contributed by atoms with Gasteiger partial charge in [-0.05, 0) is 55.3 Å². The lowest BCUT2D eigenvalue weighted by molar-refractivity contribution is -0.114. The van der Waals surface area contributed by atoms with Gasteiger partial charge in [-0.1, -0.05) is 42.5 Å². The second-order valence-corrected chi connectivity index (χ2v) is 6.90. The van der Waals surface area contributed by atoms with Gasteiger partial charge in [0.1, 0.15) is 5.75 Å². The third-order valence-corrected chi connectivity index (χ3v) is 4.60. The molecule has 0 spiro atoms. The van der Waals surface area contributed by atoms with Crippen molar-refractivity contribution in [1.29, 1.82) is 0 Å². The number of hydrogen-bond acceptors (Lipinski definition) is 4. The molecule has 2 amide bonds. The molecular weight excluding hydrogens is 390 g/mol. The van der Waals surface area contributed by atoms with E-state index in [1.807, 2.05) is 55.5 Å². The normalized spacial score (nSPS) is 10.2. The van der Waals surface area contributed by atoms with Crippen molar-refractivity contribution in [2.45, 2.75) is 13.3 Å². The quantitative estimate of drug-likeness (QED) is 0.464. The van der Waals surface area contributed by atoms with E-state index in [0.717, 1.165) is 12.2 Å². The van der Waals surface area contributed by atoms with Crippen LogP contribution in [-0.2, 0) is 11.2 Å². The summed E-state index contributed by atoms with van der Waals surface area (Å²) in [7, 11) is 0. The molecule has 0 fully saturated rings. The van der Waals surface area contributed by atoms with Gasteiger partial charge in [0.05, 0.1) is 18.7 Å². The van der Waals surface area contributed by atoms with Crippen LogP contribution in [0.4, 0.5) is 11.4 Å². The Labute approximate surface area is 182 Å². The molecule has 0 radical (unpaired) electrons. The fourth-order valence-corrected chi connectivity index (χ4v) is 3.08. The number of ether oxygens (including phenoxy) is 1. The summed E-state index contributed by atoms with van der Waals surface area (Å²) >= 11 is 0. The van der Waals surface area contributed by atoms with Gasteiger partial charge in [0.15, 0.2) is 0 Å². The molecule has 0 aliphatic heterocycles. The van der Waals surface area contributed by atoms with Crippen LogP contribution in [0.3, 0.4) is 0 Å². The Morgan fingerprint density at radius 2 is 1.58 bits per heavy atom. The van der Waals surface area contributed by atoms with Crippen molar-refractivity contribution >= 4 is 23.2 Å². The highest BCUT2D eigenvalue weighted by molar-refractivity contribution is 6.00. The first kappa shape index (κ1) is 21.9. The molecule has 0 aliphatic rings. The number of para-hydroxylation sites is 1. The van der Waals surface area contributed by atoms with Crippen molar-refractivity contribution in [3.63, 3.8) is 0 Å². The summed E-state index contributed by atoms with van der Waals surface area (Å²) in [5.74, 6) is 0.375. The Morgan fingerprint density at radius 1 is 0.871 bits per heavy atom. The predicted octanol–water partition coefficient (Wildman–Crippen LogP) is 4.11. The smallest absolute Gasteiger partial charge is 0.253 e. The number of hydrogen-bond donors (Lipinski definition) is 3. The summed E-state index contributed by atoms with van der Waals surface area (Å²) in [4.78, 5) is 24.9. The largest absolute Gasteiger partial charge is 0.494 e. The van der Waals surface area contributed by atoms with Gasteiger partial charge in [-0.25, -0.2) is 0 Å². The summed E-state index contributed by atoms with van der Waals surface area (Å²) in [5.41, 5.74) is 2.97. The highest BCUT2D eigenvalue weighted by Crippen LogP contribution is 2.17. The fourth-order valence-electron chi connectivity index (χ4n) is 3.08. The SMILES string of the molecule is CCOc1ccc(NC(=O)CNc2ccccc2C(=O)NCCc2ccccc2)cc1. The molecule has 6 heteroatoms. The van der Waals surface area contributed by atoms with Crippen molar-refractivity contribution < 1.29 is 14.3 Å². The molecule has 0 bridgehead atoms. The standard InChI is InChI=1S/C25H27N3O3/c1-2-31-21-14-12-20(13-15-21)28-24(29)18-27-23-11-7-6-10-22(23)25(30)26-17-16-19-8-4-3-5-9-19/h3-15,27H,2,16-18H2,1H3,(H,26,30)(H,28,29). The first-order chi connectivity index (χ1) is 15.2. The molecule has 3 aromatic rings. The van der Waals surface area contributed by atoms with Gasteiger partial charge in [0.25, 0.3) is 5.91 Å². The fraction of sp³-hybridized carbons (Fsp3) is 0.200. The van der Waals surface area contributed by atoms with Gasteiger partial charge in [-0.15, -0.1) is 0 Å². The lowest BCUT2D eigenvalue weighted by atomic mass is 10.1. The summed E-state index contributed by atoms with van der Waals surface area (Å²) < 4.78 is 5.40. The van der Waals surface area contributed by atoms with E-state index < -0.39 is 0 Å². The van der Waals surface area contributed by atoms with Crippen molar-refractivity contribution in [2.24, 2.45) is 0 Å². The number of nitrogens with one attached hydrogen (secondary N) is 3. The van der Waals surface area contributed by atoms with E-state index in [1.165, 1.54) is 5.56 Å². The van der Waals surface area contributed by atoms with E-state index in [2.05, 4.69) is 16.0 Å². The van der Waals surface area contributed by atoms with E-state index in [9.17, 15) is 9.59 Å². The molecule has 6 nitrogen and oxygen atoms in total. The van der Waals surface area contributed by atoms with E-state index in [1.54, 1.807) is 30.3 Å². The van der Waals surface area contributed by atoms with E-state index in [0.29, 0.717) is 30.1 Å². The van der Waals surface area contributed by atoms with Crippen LogP contribution >= 0.6 is 0 Å². The summed E-state index contributed by atoms with van der Waals surface area (Å²) in [6, 6.07) is 24.3. The highest BCUT2D eigenvalue weighted by Gasteiger charge is 2.11. The minimum Gasteiger partial charge on any atom is -0.494 e. The Hall–Kier alpha value is -3.80. The topological polar surface area (TPSA) is 79.5 Å². The maximum atomic E-state index is 12.6. The molecule has 31 heavy (non-hydrogen) atoms. The highest BCUT2D eigenvalue weighted by atomic mass is 16.5. The number of rotatable bonds is 10. The van der Waals surface area contributed by atoms with Crippen LogP contribution in [-0.4, -0.2) is 31.5 Å². The van der Waals surface area contributed by atoms with E-state index >= 15 is 0 Å². The van der Waals surface area contributed by atoms with Crippen LogP contribution < -0.4 is 20.7 Å². The Kier molecular flexibility index (Phi) is 8.05. The Bertz CT molecular complexity index is 988. The third kappa shape index (κ3) is 6.89. The average Bonchev–Trinajstić information content (AvgIpc) is 2.80. The predicted molar refractivity (Wildman–Crippen MR) is 124 cm³/mol. The monoisotopic (exact) mass is 417 g/mol. The van der Waals surface area contributed by atoms with Gasteiger partial charge in [-0.3, -0.25) is 9.59 Å². The third-order valence-electron chi connectivity index (χ3n) is 4.60. The molecule has 0 aromatic heterocycles. The van der Waals surface area contributed by atoms with Gasteiger partial charge >= 0.3 is 0 Å². The van der Waals surface area contributed by atoms with Crippen LogP contribution in [0.2, 0.25) is 0 Å². The van der Waals surface area contributed by atoms with Crippen molar-refractivity contribution in [2.75, 3.05) is 30.3 Å². The average molecular weight is 418 g/mol. The molecule has 0 aliphatic carbocycles. The van der Waals surface area contributed by atoms with E-state index in [-0.39, 0.29) is 18.4 Å². The first-order valence-corrected chi connectivity index (χ1v) is 10.3. The van der Waals surface area contributed by atoms with Crippen LogP contribution in [0.5, 0.6) is 5.75 Å². The number of amides is 2. The molecule has 0 unspecified atom stereocenters. The van der Waals surface area contributed by atoms with Crippen molar-refractivity contribution in [3.05, 3.63) is 90.0 Å². The Balaban J connectivity index is 1.51. The van der Waals surface area contributed by atoms with Crippen LogP contribution in [0.25, 0.3) is 0 Å². The van der Waals surface area contributed by atoms with Crippen molar-refractivity contribution in [1.82, 2.24) is 5.32 Å². The van der Waals surface area contributed by atoms with E-state index in [4.69, 9.17) is 4.74 Å². The number of carbonyl (C=O) groups is 2. The lowest BCUT2D eigenvalue weighted by Gasteiger charge is -2.13. The Morgan fingerprint density at radius 3 is 2.32 bits per heavy atom. The van der Waals surface area contributed by atoms with Crippen LogP contribution in [0.1, 0.15) is 22.8 Å². The summed E-state index contributed by atoms with van der Waals surface area (Å²) in [6.45, 7) is 3.09. The molecule has 0 saturated heterocycles. The minimum atomic E-state index is -0.205. The van der Waals surface area contributed by atoms with Crippen LogP contribution in [0.15, 0.2) is 78.9 Å². The molecular formula is C25H27N3O3. The van der Waals surface area contributed by atoms with Gasteiger partial charge in [0, 0.05) is 17.9 Å². The molecule has 0 atom stereocenters. The van der Waals surface area contributed by atoms with Gasteiger partial charge < -0.3 is 20.7 Å². The molecule has 3 aromatic carbocycles. The summed E-state index contributed by atoms with van der Waals surface area (Å²) in [5, 5.41) is 8.82. The maximum absolute atomic E-state index is 12.6. The number of benzene rings is 3. The molecule has 3 rings (SSSR count). The number of carbonyl (C=O) groups excluding carboxylic acids is 2. The minimum absolute atomic E-state index is 0.0432. The first-order valence-electron chi connectivity index (χ1n) is 10.3. The van der Waals surface area contributed by atoms with Gasteiger partial charge in [-0.2, -0.15) is 0 Å². The second kappa shape index (κ2) is 11.4. The zero-order chi connectivity index (χ0) is 21.9. The molecule has 0 heterocycles. The zero-order valence-corrected chi connectivity index (χ0v) is 17.6. The summed E-state index contributed by atoms with van der Waals surface area (Å²) in [6.07, 6.45) is 0.757. The molecule has 0 saturated carbocycles. The zero-order valence-electron chi connectivity index (χ0n) is 17.6. The molecule has 3 N–H and O–H groups in total. The van der Waals surface area contributed by atoms with Crippen molar-refractivity contribution in [3.8, 4) is 5.75 Å².